The van der Waals surface area contributed by atoms with E-state index in [0.717, 1.165) is 48.0 Å². The van der Waals surface area contributed by atoms with E-state index in [-0.39, 0.29) is 23.4 Å². The molecule has 2 aromatic heterocycles. The van der Waals surface area contributed by atoms with Gasteiger partial charge in [-0.15, -0.1) is 0 Å². The Labute approximate surface area is 238 Å². The van der Waals surface area contributed by atoms with Crippen LogP contribution in [0.15, 0.2) is 82.0 Å². The quantitative estimate of drug-likeness (QED) is 0.272. The Morgan fingerprint density at radius 1 is 0.854 bits per heavy atom. The zero-order valence-electron chi connectivity index (χ0n) is 23.5. The summed E-state index contributed by atoms with van der Waals surface area (Å²) < 4.78 is 6.25. The molecule has 1 aliphatic carbocycles. The Bertz CT molecular complexity index is 1790. The van der Waals surface area contributed by atoms with Crippen molar-refractivity contribution in [3.8, 4) is 11.3 Å². The van der Waals surface area contributed by atoms with Crippen molar-refractivity contribution in [3.05, 3.63) is 94.1 Å². The van der Waals surface area contributed by atoms with Gasteiger partial charge in [-0.3, -0.25) is 9.59 Å². The molecule has 0 aliphatic heterocycles. The summed E-state index contributed by atoms with van der Waals surface area (Å²) in [6, 6.07) is 22.9. The van der Waals surface area contributed by atoms with Gasteiger partial charge in [-0.05, 0) is 56.9 Å². The smallest absolute Gasteiger partial charge is 0.255 e. The maximum Gasteiger partial charge on any atom is 0.255 e. The van der Waals surface area contributed by atoms with E-state index in [1.54, 1.807) is 25.1 Å². The molecular weight excluding hydrogens is 514 g/mol. The van der Waals surface area contributed by atoms with E-state index >= 15 is 0 Å². The molecule has 208 valence electrons. The summed E-state index contributed by atoms with van der Waals surface area (Å²) in [4.78, 5) is 38.2. The van der Waals surface area contributed by atoms with Gasteiger partial charge in [-0.25, -0.2) is 4.98 Å². The minimum atomic E-state index is -0.230. The van der Waals surface area contributed by atoms with E-state index in [0.29, 0.717) is 33.8 Å². The molecule has 1 amide bonds. The van der Waals surface area contributed by atoms with Gasteiger partial charge < -0.3 is 20.0 Å². The van der Waals surface area contributed by atoms with Gasteiger partial charge in [0.15, 0.2) is 11.0 Å². The van der Waals surface area contributed by atoms with Crippen LogP contribution in [0.25, 0.3) is 33.2 Å². The first-order valence-corrected chi connectivity index (χ1v) is 14.0. The number of hydrogen-bond donors (Lipinski definition) is 2. The lowest BCUT2D eigenvalue weighted by Gasteiger charge is -2.30. The Balaban J connectivity index is 1.17. The Kier molecular flexibility index (Phi) is 7.14. The molecule has 0 atom stereocenters. The predicted octanol–water partition coefficient (Wildman–Crippen LogP) is 5.93. The zero-order valence-corrected chi connectivity index (χ0v) is 23.5. The number of nitrogens with one attached hydrogen (secondary N) is 2. The number of aromatic nitrogens is 2. The molecule has 2 N–H and O–H groups in total. The number of amides is 1. The van der Waals surface area contributed by atoms with Crippen LogP contribution in [0.2, 0.25) is 0 Å². The third kappa shape index (κ3) is 5.25. The molecule has 2 heterocycles. The van der Waals surface area contributed by atoms with Crippen molar-refractivity contribution in [1.29, 1.82) is 0 Å². The molecule has 0 unspecified atom stereocenters. The van der Waals surface area contributed by atoms with Crippen LogP contribution in [-0.2, 0) is 0 Å². The SMILES string of the molecule is Cc1c(-c2ccccc2)oc2c(C(=O)N[C@H]3CC[C@@H](Nc4nc(N(C)C)c5ccccc5n4)CC3)cccc2c1=O. The lowest BCUT2D eigenvalue weighted by molar-refractivity contribution is 0.0927. The second-order valence-electron chi connectivity index (χ2n) is 10.9. The van der Waals surface area contributed by atoms with E-state index < -0.39 is 0 Å². The van der Waals surface area contributed by atoms with Gasteiger partial charge in [0.05, 0.1) is 16.5 Å². The Morgan fingerprint density at radius 3 is 2.29 bits per heavy atom. The van der Waals surface area contributed by atoms with Crippen LogP contribution >= 0.6 is 0 Å². The Morgan fingerprint density at radius 2 is 1.54 bits per heavy atom. The number of para-hydroxylation sites is 2. The van der Waals surface area contributed by atoms with E-state index in [2.05, 4.69) is 10.6 Å². The maximum absolute atomic E-state index is 13.5. The van der Waals surface area contributed by atoms with Crippen LogP contribution in [0, 0.1) is 6.92 Å². The van der Waals surface area contributed by atoms with Gasteiger partial charge in [0, 0.05) is 42.7 Å². The first-order valence-electron chi connectivity index (χ1n) is 14.0. The second kappa shape index (κ2) is 11.0. The lowest BCUT2D eigenvalue weighted by Crippen LogP contribution is -2.40. The average molecular weight is 548 g/mol. The highest BCUT2D eigenvalue weighted by molar-refractivity contribution is 6.05. The average Bonchev–Trinajstić information content (AvgIpc) is 2.99. The third-order valence-electron chi connectivity index (χ3n) is 7.83. The standard InChI is InChI=1S/C33H33N5O3/c1-20-28(39)25-13-9-14-26(30(25)41-29(20)21-10-5-4-6-11-21)32(40)34-22-16-18-23(19-17-22)35-33-36-27-15-8-7-12-24(27)31(37-33)38(2)3/h4-15,22-23H,16-19H2,1-3H3,(H,34,40)(H,35,36,37)/t22-,23+. The fourth-order valence-corrected chi connectivity index (χ4v) is 5.65. The molecule has 5 aromatic rings. The molecule has 8 nitrogen and oxygen atoms in total. The summed E-state index contributed by atoms with van der Waals surface area (Å²) in [5.41, 5.74) is 2.80. The van der Waals surface area contributed by atoms with Gasteiger partial charge in [-0.1, -0.05) is 48.5 Å². The highest BCUT2D eigenvalue weighted by Crippen LogP contribution is 2.29. The van der Waals surface area contributed by atoms with Crippen molar-refractivity contribution < 1.29 is 9.21 Å². The summed E-state index contributed by atoms with van der Waals surface area (Å²) in [5.74, 6) is 1.76. The number of anilines is 2. The third-order valence-corrected chi connectivity index (χ3v) is 7.83. The minimum absolute atomic E-state index is 0.0245. The monoisotopic (exact) mass is 547 g/mol. The van der Waals surface area contributed by atoms with Crippen molar-refractivity contribution in [2.24, 2.45) is 0 Å². The van der Waals surface area contributed by atoms with Crippen molar-refractivity contribution in [3.63, 3.8) is 0 Å². The molecule has 8 heteroatoms. The van der Waals surface area contributed by atoms with E-state index in [1.165, 1.54) is 0 Å². The molecule has 1 saturated carbocycles. The van der Waals surface area contributed by atoms with Gasteiger partial charge in [0.2, 0.25) is 5.95 Å². The molecule has 6 rings (SSSR count). The molecule has 1 fully saturated rings. The van der Waals surface area contributed by atoms with Crippen LogP contribution < -0.4 is 21.0 Å². The highest BCUT2D eigenvalue weighted by Gasteiger charge is 2.25. The minimum Gasteiger partial charge on any atom is -0.455 e. The molecule has 1 aliphatic rings. The first kappa shape index (κ1) is 26.5. The molecule has 3 aromatic carbocycles. The summed E-state index contributed by atoms with van der Waals surface area (Å²) in [5, 5.41) is 8.14. The zero-order chi connectivity index (χ0) is 28.5. The van der Waals surface area contributed by atoms with Crippen LogP contribution in [-0.4, -0.2) is 42.1 Å². The largest absolute Gasteiger partial charge is 0.455 e. The van der Waals surface area contributed by atoms with Gasteiger partial charge in [-0.2, -0.15) is 4.98 Å². The number of hydrogen-bond acceptors (Lipinski definition) is 7. The number of benzene rings is 3. The number of fused-ring (bicyclic) bond motifs is 2. The van der Waals surface area contributed by atoms with Crippen LogP contribution in [0.5, 0.6) is 0 Å². The summed E-state index contributed by atoms with van der Waals surface area (Å²) in [6.07, 6.45) is 3.39. The number of carbonyl (C=O) groups is 1. The molecular formula is C33H33N5O3. The normalized spacial score (nSPS) is 17.0. The molecule has 0 spiro atoms. The number of rotatable bonds is 6. The van der Waals surface area contributed by atoms with Crippen molar-refractivity contribution in [1.82, 2.24) is 15.3 Å². The van der Waals surface area contributed by atoms with E-state index in [1.807, 2.05) is 73.6 Å². The fraction of sp³-hybridized carbons (Fsp3) is 0.273. The van der Waals surface area contributed by atoms with Gasteiger partial charge >= 0.3 is 0 Å². The number of carbonyl (C=O) groups excluding carboxylic acids is 1. The lowest BCUT2D eigenvalue weighted by atomic mass is 9.91. The van der Waals surface area contributed by atoms with E-state index in [9.17, 15) is 9.59 Å². The summed E-state index contributed by atoms with van der Waals surface area (Å²) in [6.45, 7) is 1.76. The summed E-state index contributed by atoms with van der Waals surface area (Å²) >= 11 is 0. The van der Waals surface area contributed by atoms with Crippen LogP contribution in [0.4, 0.5) is 11.8 Å². The fourth-order valence-electron chi connectivity index (χ4n) is 5.65. The maximum atomic E-state index is 13.5. The van der Waals surface area contributed by atoms with Crippen molar-refractivity contribution in [2.75, 3.05) is 24.3 Å². The van der Waals surface area contributed by atoms with Gasteiger partial charge in [0.1, 0.15) is 11.6 Å². The predicted molar refractivity (Wildman–Crippen MR) is 164 cm³/mol. The highest BCUT2D eigenvalue weighted by atomic mass is 16.3. The van der Waals surface area contributed by atoms with Crippen molar-refractivity contribution >= 4 is 39.5 Å². The van der Waals surface area contributed by atoms with Crippen LogP contribution in [0.3, 0.4) is 0 Å². The topological polar surface area (TPSA) is 100 Å². The molecule has 0 radical (unpaired) electrons. The van der Waals surface area contributed by atoms with Crippen molar-refractivity contribution in [2.45, 2.75) is 44.7 Å². The molecule has 0 saturated heterocycles. The van der Waals surface area contributed by atoms with E-state index in [4.69, 9.17) is 14.4 Å². The van der Waals surface area contributed by atoms with Crippen LogP contribution in [0.1, 0.15) is 41.6 Å². The first-order chi connectivity index (χ1) is 19.9. The number of nitrogens with zero attached hydrogens (tertiary/aromatic N) is 3. The Hall–Kier alpha value is -4.72. The summed E-state index contributed by atoms with van der Waals surface area (Å²) in [7, 11) is 3.97. The second-order valence-corrected chi connectivity index (χ2v) is 10.9. The molecule has 0 bridgehead atoms. The van der Waals surface area contributed by atoms with Gasteiger partial charge in [0.25, 0.3) is 5.91 Å². The molecule has 41 heavy (non-hydrogen) atoms.